The lowest BCUT2D eigenvalue weighted by molar-refractivity contribution is -0.284. The summed E-state index contributed by atoms with van der Waals surface area (Å²) in [5, 5.41) is 61.6. The summed E-state index contributed by atoms with van der Waals surface area (Å²) >= 11 is 0. The molecule has 2 aromatic carbocycles. The highest BCUT2D eigenvalue weighted by molar-refractivity contribution is 5.77. The van der Waals surface area contributed by atoms with Crippen LogP contribution in [0.1, 0.15) is 18.9 Å². The lowest BCUT2D eigenvalue weighted by Crippen LogP contribution is -2.68. The number of nitrogens with one attached hydrogen (secondary N) is 1. The molecule has 0 saturated carbocycles. The number of aliphatic hydroxyl groups excluding tert-OH is 4. The van der Waals surface area contributed by atoms with Crippen molar-refractivity contribution in [2.24, 2.45) is 0 Å². The van der Waals surface area contributed by atoms with Crippen LogP contribution >= 0.6 is 0 Å². The van der Waals surface area contributed by atoms with Crippen LogP contribution in [0.25, 0.3) is 11.1 Å². The van der Waals surface area contributed by atoms with E-state index < -0.39 is 67.1 Å². The monoisotopic (exact) mass is 519 g/mol. The van der Waals surface area contributed by atoms with Crippen LogP contribution in [0.5, 0.6) is 5.75 Å². The van der Waals surface area contributed by atoms with Crippen LogP contribution in [-0.4, -0.2) is 91.3 Å². The van der Waals surface area contributed by atoms with E-state index in [0.717, 1.165) is 18.1 Å². The second kappa shape index (κ2) is 11.7. The molecule has 1 aliphatic rings. The second-order valence-electron chi connectivity index (χ2n) is 8.77. The third-order valence-corrected chi connectivity index (χ3v) is 5.97. The summed E-state index contributed by atoms with van der Waals surface area (Å²) in [4.78, 5) is 34.7. The standard InChI is InChI=1S/C25H29NO11/c1-13(28)26-21-18(29)11-25(24(34)35,37-23(21)22(33)19(30)12-27)36-17-8-6-16(7-9-17)15-4-2-14(3-5-15)10-20(31)32/h2-9,18-19,21-23,27,29-30,33H,10-12H2,1H3,(H,26,28)(H,31,32)(H,34,35)/t18-,19+,21+,22-,23+,25+/m0/s1. The molecule has 0 aliphatic carbocycles. The van der Waals surface area contributed by atoms with Gasteiger partial charge in [0.25, 0.3) is 0 Å². The van der Waals surface area contributed by atoms with E-state index in [2.05, 4.69) is 5.32 Å². The molecule has 0 aromatic heterocycles. The van der Waals surface area contributed by atoms with E-state index in [1.807, 2.05) is 0 Å². The number of aliphatic hydroxyl groups is 4. The summed E-state index contributed by atoms with van der Waals surface area (Å²) in [5.41, 5.74) is 2.14. The van der Waals surface area contributed by atoms with Gasteiger partial charge in [0.2, 0.25) is 5.91 Å². The van der Waals surface area contributed by atoms with Crippen molar-refractivity contribution in [2.45, 2.75) is 56.0 Å². The van der Waals surface area contributed by atoms with E-state index in [4.69, 9.17) is 14.6 Å². The summed E-state index contributed by atoms with van der Waals surface area (Å²) in [6.07, 6.45) is -7.55. The number of carbonyl (C=O) groups is 3. The summed E-state index contributed by atoms with van der Waals surface area (Å²) in [5.74, 6) is -5.61. The molecule has 0 spiro atoms. The maximum atomic E-state index is 12.3. The maximum Gasteiger partial charge on any atom is 0.377 e. The fourth-order valence-electron chi connectivity index (χ4n) is 4.13. The van der Waals surface area contributed by atoms with Gasteiger partial charge in [-0.25, -0.2) is 4.79 Å². The number of aliphatic carboxylic acids is 2. The number of hydrogen-bond acceptors (Lipinski definition) is 9. The number of amides is 1. The van der Waals surface area contributed by atoms with Gasteiger partial charge in [0.1, 0.15) is 24.1 Å². The molecule has 1 amide bonds. The van der Waals surface area contributed by atoms with Crippen molar-refractivity contribution in [3.8, 4) is 16.9 Å². The third-order valence-electron chi connectivity index (χ3n) is 5.97. The molecule has 0 bridgehead atoms. The van der Waals surface area contributed by atoms with Crippen LogP contribution in [0.4, 0.5) is 0 Å². The van der Waals surface area contributed by atoms with Crippen LogP contribution in [-0.2, 0) is 25.5 Å². The van der Waals surface area contributed by atoms with Crippen LogP contribution < -0.4 is 10.1 Å². The lowest BCUT2D eigenvalue weighted by atomic mass is 9.88. The van der Waals surface area contributed by atoms with Crippen molar-refractivity contribution in [3.05, 3.63) is 54.1 Å². The fraction of sp³-hybridized carbons (Fsp3) is 0.400. The normalized spacial score (nSPS) is 25.1. The Morgan fingerprint density at radius 3 is 2.11 bits per heavy atom. The molecule has 1 fully saturated rings. The molecule has 3 rings (SSSR count). The number of carboxylic acids is 2. The molecule has 0 unspecified atom stereocenters. The summed E-state index contributed by atoms with van der Waals surface area (Å²) in [6, 6.07) is 11.8. The Morgan fingerprint density at radius 2 is 1.62 bits per heavy atom. The van der Waals surface area contributed by atoms with E-state index in [1.165, 1.54) is 12.1 Å². The van der Waals surface area contributed by atoms with Crippen LogP contribution in [0.15, 0.2) is 48.5 Å². The zero-order chi connectivity index (χ0) is 27.3. The Balaban J connectivity index is 1.85. The Labute approximate surface area is 211 Å². The zero-order valence-electron chi connectivity index (χ0n) is 19.9. The van der Waals surface area contributed by atoms with Crippen molar-refractivity contribution in [1.82, 2.24) is 5.32 Å². The minimum atomic E-state index is -2.49. The topological polar surface area (TPSA) is 203 Å². The average Bonchev–Trinajstić information content (AvgIpc) is 2.85. The summed E-state index contributed by atoms with van der Waals surface area (Å²) in [6.45, 7) is 0.263. The maximum absolute atomic E-state index is 12.3. The lowest BCUT2D eigenvalue weighted by Gasteiger charge is -2.46. The van der Waals surface area contributed by atoms with E-state index in [-0.39, 0.29) is 12.2 Å². The first-order valence-electron chi connectivity index (χ1n) is 11.4. The molecule has 1 aliphatic heterocycles. The van der Waals surface area contributed by atoms with Crippen LogP contribution in [0, 0.1) is 0 Å². The highest BCUT2D eigenvalue weighted by Crippen LogP contribution is 2.35. The minimum absolute atomic E-state index is 0.0507. The van der Waals surface area contributed by atoms with Crippen molar-refractivity contribution in [1.29, 1.82) is 0 Å². The number of carboxylic acid groups (broad SMARTS) is 2. The van der Waals surface area contributed by atoms with Crippen molar-refractivity contribution < 1.29 is 54.5 Å². The van der Waals surface area contributed by atoms with Crippen molar-refractivity contribution >= 4 is 17.8 Å². The summed E-state index contributed by atoms with van der Waals surface area (Å²) in [7, 11) is 0. The first-order chi connectivity index (χ1) is 17.5. The van der Waals surface area contributed by atoms with Crippen molar-refractivity contribution in [3.63, 3.8) is 0 Å². The molecular formula is C25H29NO11. The zero-order valence-corrected chi connectivity index (χ0v) is 19.9. The number of ether oxygens (including phenoxy) is 2. The molecule has 6 atom stereocenters. The molecule has 12 nitrogen and oxygen atoms in total. The minimum Gasteiger partial charge on any atom is -0.481 e. The van der Waals surface area contributed by atoms with Gasteiger partial charge in [0.15, 0.2) is 0 Å². The molecule has 12 heteroatoms. The molecule has 0 radical (unpaired) electrons. The smallest absolute Gasteiger partial charge is 0.377 e. The van der Waals surface area contributed by atoms with E-state index >= 15 is 0 Å². The molecule has 1 heterocycles. The second-order valence-corrected chi connectivity index (χ2v) is 8.77. The highest BCUT2D eigenvalue weighted by Gasteiger charge is 2.56. The van der Waals surface area contributed by atoms with Gasteiger partial charge in [-0.15, -0.1) is 0 Å². The van der Waals surface area contributed by atoms with E-state index in [9.17, 15) is 39.9 Å². The van der Waals surface area contributed by atoms with Crippen LogP contribution in [0.2, 0.25) is 0 Å². The first kappa shape index (κ1) is 28.0. The van der Waals surface area contributed by atoms with E-state index in [0.29, 0.717) is 5.56 Å². The molecule has 200 valence electrons. The third kappa shape index (κ3) is 6.61. The Morgan fingerprint density at radius 1 is 1.05 bits per heavy atom. The fourth-order valence-corrected chi connectivity index (χ4v) is 4.13. The SMILES string of the molecule is CC(=O)N[C@H]1[C@H]([C@@H](O)[C@H](O)CO)O[C@@](Oc2ccc(-c3ccc(CC(=O)O)cc3)cc2)(C(=O)O)C[C@@H]1O. The van der Waals surface area contributed by atoms with Gasteiger partial charge in [-0.3, -0.25) is 9.59 Å². The quantitative estimate of drug-likeness (QED) is 0.213. The van der Waals surface area contributed by atoms with Gasteiger partial charge < -0.3 is 45.4 Å². The van der Waals surface area contributed by atoms with Crippen molar-refractivity contribution in [2.75, 3.05) is 6.61 Å². The molecule has 37 heavy (non-hydrogen) atoms. The number of rotatable bonds is 10. The highest BCUT2D eigenvalue weighted by atomic mass is 16.7. The summed E-state index contributed by atoms with van der Waals surface area (Å²) < 4.78 is 11.3. The number of benzene rings is 2. The van der Waals surface area contributed by atoms with Gasteiger partial charge in [-0.1, -0.05) is 36.4 Å². The predicted molar refractivity (Wildman–Crippen MR) is 126 cm³/mol. The van der Waals surface area contributed by atoms with Gasteiger partial charge in [-0.05, 0) is 28.8 Å². The average molecular weight is 520 g/mol. The van der Waals surface area contributed by atoms with Crippen LogP contribution in [0.3, 0.4) is 0 Å². The van der Waals surface area contributed by atoms with Gasteiger partial charge in [0, 0.05) is 6.92 Å². The number of hydrogen-bond donors (Lipinski definition) is 7. The largest absolute Gasteiger partial charge is 0.481 e. The van der Waals surface area contributed by atoms with Gasteiger partial charge >= 0.3 is 17.7 Å². The number of carbonyl (C=O) groups excluding carboxylic acids is 1. The van der Waals surface area contributed by atoms with Gasteiger partial charge in [-0.2, -0.15) is 0 Å². The Hall–Kier alpha value is -3.55. The molecule has 1 saturated heterocycles. The first-order valence-corrected chi connectivity index (χ1v) is 11.4. The van der Waals surface area contributed by atoms with E-state index in [1.54, 1.807) is 36.4 Å². The predicted octanol–water partition coefficient (Wildman–Crippen LogP) is -0.491. The Kier molecular flexibility index (Phi) is 8.84. The molecular weight excluding hydrogens is 490 g/mol. The van der Waals surface area contributed by atoms with Gasteiger partial charge in [0.05, 0.1) is 31.6 Å². The molecule has 7 N–H and O–H groups in total. The molecule has 2 aromatic rings. The Bertz CT molecular complexity index is 1100.